The van der Waals surface area contributed by atoms with Gasteiger partial charge in [-0.05, 0) is 43.2 Å². The Hall–Kier alpha value is -2.71. The van der Waals surface area contributed by atoms with Crippen molar-refractivity contribution >= 4 is 34.1 Å². The standard InChI is InChI=1S/C22H28N4O3S/c1-15(21(29)25-22-18(20(23)28)11-14-30-22)26-12-9-17(10-13-26)24-19(27)8-7-16-5-3-2-4-6-16/h2-6,11,14-15,17H,7-10,12-13H2,1H3,(H2,23,28)(H,24,27)(H,25,29). The van der Waals surface area contributed by atoms with Gasteiger partial charge < -0.3 is 16.4 Å². The average Bonchev–Trinajstić information content (AvgIpc) is 3.21. The van der Waals surface area contributed by atoms with Gasteiger partial charge in [0.15, 0.2) is 0 Å². The largest absolute Gasteiger partial charge is 0.366 e. The maximum atomic E-state index is 12.6. The number of aryl methyl sites for hydroxylation is 1. The molecule has 1 aliphatic heterocycles. The molecule has 1 aliphatic rings. The summed E-state index contributed by atoms with van der Waals surface area (Å²) in [7, 11) is 0. The van der Waals surface area contributed by atoms with Crippen molar-refractivity contribution in [2.45, 2.75) is 44.7 Å². The fourth-order valence-electron chi connectivity index (χ4n) is 3.62. The molecule has 0 bridgehead atoms. The molecule has 4 N–H and O–H groups in total. The molecule has 1 aromatic heterocycles. The van der Waals surface area contributed by atoms with E-state index in [2.05, 4.69) is 15.5 Å². The maximum Gasteiger partial charge on any atom is 0.251 e. The molecular weight excluding hydrogens is 400 g/mol. The van der Waals surface area contributed by atoms with Crippen LogP contribution in [0.25, 0.3) is 0 Å². The number of nitrogens with one attached hydrogen (secondary N) is 2. The number of amides is 3. The number of thiophene rings is 1. The zero-order valence-corrected chi connectivity index (χ0v) is 17.9. The molecule has 0 radical (unpaired) electrons. The molecule has 1 saturated heterocycles. The number of carbonyl (C=O) groups excluding carboxylic acids is 3. The molecule has 3 amide bonds. The Bertz CT molecular complexity index is 876. The number of nitrogens with zero attached hydrogens (tertiary/aromatic N) is 1. The van der Waals surface area contributed by atoms with Crippen LogP contribution >= 0.6 is 11.3 Å². The van der Waals surface area contributed by atoms with Crippen molar-refractivity contribution in [2.75, 3.05) is 18.4 Å². The van der Waals surface area contributed by atoms with E-state index in [1.54, 1.807) is 11.4 Å². The lowest BCUT2D eigenvalue weighted by Crippen LogP contribution is -2.50. The average molecular weight is 429 g/mol. The number of hydrogen-bond donors (Lipinski definition) is 3. The fourth-order valence-corrected chi connectivity index (χ4v) is 4.41. The van der Waals surface area contributed by atoms with Crippen molar-refractivity contribution in [1.82, 2.24) is 10.2 Å². The highest BCUT2D eigenvalue weighted by Crippen LogP contribution is 2.23. The predicted molar refractivity (Wildman–Crippen MR) is 118 cm³/mol. The lowest BCUT2D eigenvalue weighted by Gasteiger charge is -2.35. The second-order valence-corrected chi connectivity index (χ2v) is 8.47. The minimum absolute atomic E-state index is 0.0692. The van der Waals surface area contributed by atoms with E-state index in [9.17, 15) is 14.4 Å². The highest BCUT2D eigenvalue weighted by atomic mass is 32.1. The molecule has 1 unspecified atom stereocenters. The summed E-state index contributed by atoms with van der Waals surface area (Å²) in [4.78, 5) is 38.4. The monoisotopic (exact) mass is 428 g/mol. The van der Waals surface area contributed by atoms with Crippen LogP contribution in [0.3, 0.4) is 0 Å². The van der Waals surface area contributed by atoms with Gasteiger partial charge in [-0.1, -0.05) is 30.3 Å². The zero-order valence-electron chi connectivity index (χ0n) is 17.1. The smallest absolute Gasteiger partial charge is 0.251 e. The summed E-state index contributed by atoms with van der Waals surface area (Å²) in [6.07, 6.45) is 2.82. The summed E-state index contributed by atoms with van der Waals surface area (Å²) < 4.78 is 0. The predicted octanol–water partition coefficient (Wildman–Crippen LogP) is 2.39. The first kappa shape index (κ1) is 22.0. The second-order valence-electron chi connectivity index (χ2n) is 7.56. The van der Waals surface area contributed by atoms with Gasteiger partial charge in [-0.15, -0.1) is 11.3 Å². The van der Waals surface area contributed by atoms with Gasteiger partial charge in [-0.2, -0.15) is 0 Å². The number of anilines is 1. The van der Waals surface area contributed by atoms with Crippen LogP contribution in [-0.4, -0.2) is 47.8 Å². The molecule has 0 saturated carbocycles. The number of rotatable bonds is 8. The molecule has 0 aliphatic carbocycles. The molecule has 2 aromatic rings. The van der Waals surface area contributed by atoms with Gasteiger partial charge in [0.25, 0.3) is 5.91 Å². The highest BCUT2D eigenvalue weighted by molar-refractivity contribution is 7.14. The number of likely N-dealkylation sites (tertiary alicyclic amines) is 1. The molecule has 7 nitrogen and oxygen atoms in total. The van der Waals surface area contributed by atoms with Gasteiger partial charge >= 0.3 is 0 Å². The van der Waals surface area contributed by atoms with Crippen molar-refractivity contribution in [1.29, 1.82) is 0 Å². The van der Waals surface area contributed by atoms with E-state index in [0.717, 1.165) is 37.9 Å². The van der Waals surface area contributed by atoms with Crippen LogP contribution < -0.4 is 16.4 Å². The number of carbonyl (C=O) groups is 3. The Balaban J connectivity index is 1.42. The molecule has 8 heteroatoms. The summed E-state index contributed by atoms with van der Waals surface area (Å²) in [6, 6.07) is 11.4. The van der Waals surface area contributed by atoms with Crippen LogP contribution in [0.1, 0.15) is 42.1 Å². The van der Waals surface area contributed by atoms with Crippen LogP contribution in [-0.2, 0) is 16.0 Å². The number of nitrogens with two attached hydrogens (primary N) is 1. The van der Waals surface area contributed by atoms with Gasteiger partial charge in [0, 0.05) is 25.6 Å². The number of primary amides is 1. The molecule has 2 heterocycles. The molecule has 0 spiro atoms. The first-order valence-electron chi connectivity index (χ1n) is 10.2. The Morgan fingerprint density at radius 2 is 1.87 bits per heavy atom. The van der Waals surface area contributed by atoms with Crippen molar-refractivity contribution in [2.24, 2.45) is 5.73 Å². The van der Waals surface area contributed by atoms with Crippen LogP contribution in [0.15, 0.2) is 41.8 Å². The summed E-state index contributed by atoms with van der Waals surface area (Å²) >= 11 is 1.28. The Morgan fingerprint density at radius 1 is 1.17 bits per heavy atom. The fraction of sp³-hybridized carbons (Fsp3) is 0.409. The molecular formula is C22H28N4O3S. The minimum atomic E-state index is -0.553. The lowest BCUT2D eigenvalue weighted by molar-refractivity contribution is -0.123. The van der Waals surface area contributed by atoms with Gasteiger partial charge in [0.05, 0.1) is 11.6 Å². The van der Waals surface area contributed by atoms with E-state index in [1.807, 2.05) is 37.3 Å². The Morgan fingerprint density at radius 3 is 2.53 bits per heavy atom. The molecule has 1 fully saturated rings. The SMILES string of the molecule is CC(C(=O)Nc1sccc1C(N)=O)N1CCC(NC(=O)CCc2ccccc2)CC1. The molecule has 160 valence electrons. The minimum Gasteiger partial charge on any atom is -0.366 e. The van der Waals surface area contributed by atoms with E-state index < -0.39 is 5.91 Å². The topological polar surface area (TPSA) is 105 Å². The number of hydrogen-bond acceptors (Lipinski definition) is 5. The summed E-state index contributed by atoms with van der Waals surface area (Å²) in [5, 5.41) is 8.14. The highest BCUT2D eigenvalue weighted by Gasteiger charge is 2.28. The number of piperidine rings is 1. The van der Waals surface area contributed by atoms with Crippen LogP contribution in [0.2, 0.25) is 0 Å². The normalized spacial score (nSPS) is 16.0. The molecule has 3 rings (SSSR count). The van der Waals surface area contributed by atoms with Gasteiger partial charge in [0.1, 0.15) is 5.00 Å². The summed E-state index contributed by atoms with van der Waals surface area (Å²) in [5.41, 5.74) is 6.83. The van der Waals surface area contributed by atoms with Gasteiger partial charge in [-0.25, -0.2) is 0 Å². The third-order valence-corrected chi connectivity index (χ3v) is 6.30. The summed E-state index contributed by atoms with van der Waals surface area (Å²) in [6.45, 7) is 3.31. The lowest BCUT2D eigenvalue weighted by atomic mass is 10.0. The van der Waals surface area contributed by atoms with Crippen molar-refractivity contribution < 1.29 is 14.4 Å². The van der Waals surface area contributed by atoms with Crippen molar-refractivity contribution in [3.05, 3.63) is 52.9 Å². The van der Waals surface area contributed by atoms with Crippen LogP contribution in [0.4, 0.5) is 5.00 Å². The van der Waals surface area contributed by atoms with E-state index in [1.165, 1.54) is 11.3 Å². The molecule has 30 heavy (non-hydrogen) atoms. The molecule has 1 aromatic carbocycles. The van der Waals surface area contributed by atoms with E-state index in [-0.39, 0.29) is 23.9 Å². The Kier molecular flexibility index (Phi) is 7.59. The Labute approximate surface area is 180 Å². The van der Waals surface area contributed by atoms with Gasteiger partial charge in [-0.3, -0.25) is 19.3 Å². The van der Waals surface area contributed by atoms with E-state index in [4.69, 9.17) is 5.73 Å². The zero-order chi connectivity index (χ0) is 21.5. The third kappa shape index (κ3) is 5.90. The maximum absolute atomic E-state index is 12.6. The second kappa shape index (κ2) is 10.4. The quantitative estimate of drug-likeness (QED) is 0.600. The van der Waals surface area contributed by atoms with Crippen molar-refractivity contribution in [3.8, 4) is 0 Å². The first-order valence-corrected chi connectivity index (χ1v) is 11.1. The third-order valence-electron chi connectivity index (χ3n) is 5.47. The van der Waals surface area contributed by atoms with Crippen LogP contribution in [0.5, 0.6) is 0 Å². The first-order chi connectivity index (χ1) is 14.4. The van der Waals surface area contributed by atoms with E-state index in [0.29, 0.717) is 17.0 Å². The van der Waals surface area contributed by atoms with Crippen LogP contribution in [0, 0.1) is 0 Å². The summed E-state index contributed by atoms with van der Waals surface area (Å²) in [5.74, 6) is -0.645. The van der Waals surface area contributed by atoms with E-state index >= 15 is 0 Å². The number of benzene rings is 1. The van der Waals surface area contributed by atoms with Crippen molar-refractivity contribution in [3.63, 3.8) is 0 Å². The van der Waals surface area contributed by atoms with Gasteiger partial charge in [0.2, 0.25) is 11.8 Å². The molecule has 1 atom stereocenters.